The summed E-state index contributed by atoms with van der Waals surface area (Å²) in [6.07, 6.45) is 1.54. The molecule has 0 radical (unpaired) electrons. The molecule has 3 saturated carbocycles. The van der Waals surface area contributed by atoms with Crippen LogP contribution in [0, 0.1) is 34.5 Å². The Morgan fingerprint density at radius 2 is 1.35 bits per heavy atom. The van der Waals surface area contributed by atoms with Crippen LogP contribution in [-0.4, -0.2) is 119 Å². The van der Waals surface area contributed by atoms with E-state index in [2.05, 4.69) is 26.0 Å². The van der Waals surface area contributed by atoms with Gasteiger partial charge in [-0.15, -0.1) is 0 Å². The highest BCUT2D eigenvalue weighted by Crippen LogP contribution is 2.67. The van der Waals surface area contributed by atoms with Gasteiger partial charge in [-0.05, 0) is 94.8 Å². The van der Waals surface area contributed by atoms with Crippen LogP contribution in [0.25, 0.3) is 0 Å². The molecular weight excluding hydrogens is 596 g/mol. The first-order chi connectivity index (χ1) is 21.7. The molecule has 5 fully saturated rings. The van der Waals surface area contributed by atoms with Crippen LogP contribution < -0.4 is 0 Å². The Kier molecular flexibility index (Phi) is 9.84. The van der Waals surface area contributed by atoms with Crippen molar-refractivity contribution in [1.29, 1.82) is 0 Å². The molecular formula is C35H58O11. The number of rotatable bonds is 7. The molecule has 0 bridgehead atoms. The van der Waals surface area contributed by atoms with Gasteiger partial charge in [-0.25, -0.2) is 0 Å². The number of aliphatic hydroxyl groups is 5. The second-order valence-electron chi connectivity index (χ2n) is 15.8. The van der Waals surface area contributed by atoms with Crippen LogP contribution in [0.1, 0.15) is 79.6 Å². The van der Waals surface area contributed by atoms with E-state index < -0.39 is 73.1 Å². The molecule has 0 aromatic rings. The van der Waals surface area contributed by atoms with Gasteiger partial charge in [0.1, 0.15) is 36.6 Å². The predicted molar refractivity (Wildman–Crippen MR) is 166 cm³/mol. The lowest BCUT2D eigenvalue weighted by Crippen LogP contribution is -2.62. The maximum absolute atomic E-state index is 12.4. The molecule has 11 nitrogen and oxygen atoms in total. The number of ether oxygens (including phenoxy) is 6. The van der Waals surface area contributed by atoms with E-state index in [1.807, 2.05) is 6.92 Å². The number of allylic oxidation sites excluding steroid dienone is 2. The van der Waals surface area contributed by atoms with Crippen molar-refractivity contribution < 1.29 is 54.0 Å². The van der Waals surface area contributed by atoms with Crippen molar-refractivity contribution in [2.24, 2.45) is 34.5 Å². The van der Waals surface area contributed by atoms with Gasteiger partial charge < -0.3 is 54.0 Å². The monoisotopic (exact) mass is 654 g/mol. The maximum atomic E-state index is 12.4. The lowest BCUT2D eigenvalue weighted by atomic mass is 9.46. The molecule has 46 heavy (non-hydrogen) atoms. The molecule has 0 aromatic heterocycles. The van der Waals surface area contributed by atoms with Crippen LogP contribution in [0.2, 0.25) is 0 Å². The third kappa shape index (κ3) is 5.44. The Hall–Kier alpha value is -0.700. The molecule has 19 atom stereocenters. The van der Waals surface area contributed by atoms with Gasteiger partial charge in [0.25, 0.3) is 0 Å². The van der Waals surface area contributed by atoms with Crippen molar-refractivity contribution >= 4 is 0 Å². The summed E-state index contributed by atoms with van der Waals surface area (Å²) in [4.78, 5) is 0. The van der Waals surface area contributed by atoms with Crippen LogP contribution >= 0.6 is 0 Å². The van der Waals surface area contributed by atoms with Crippen LogP contribution in [0.15, 0.2) is 12.2 Å². The molecule has 2 aliphatic heterocycles. The van der Waals surface area contributed by atoms with Crippen LogP contribution in [-0.2, 0) is 28.4 Å². The van der Waals surface area contributed by atoms with Gasteiger partial charge in [0.15, 0.2) is 12.6 Å². The Bertz CT molecular complexity index is 1110. The van der Waals surface area contributed by atoms with Crippen molar-refractivity contribution in [3.63, 3.8) is 0 Å². The van der Waals surface area contributed by atoms with Gasteiger partial charge in [-0.3, -0.25) is 0 Å². The second-order valence-corrected chi connectivity index (χ2v) is 15.8. The minimum atomic E-state index is -1.18. The van der Waals surface area contributed by atoms with Crippen molar-refractivity contribution in [3.05, 3.63) is 12.2 Å². The largest absolute Gasteiger partial charge is 0.388 e. The zero-order chi connectivity index (χ0) is 33.3. The Morgan fingerprint density at radius 1 is 0.761 bits per heavy atom. The highest BCUT2D eigenvalue weighted by atomic mass is 16.7. The van der Waals surface area contributed by atoms with E-state index in [1.165, 1.54) is 14.2 Å². The third-order valence-electron chi connectivity index (χ3n) is 13.8. The van der Waals surface area contributed by atoms with Crippen molar-refractivity contribution in [1.82, 2.24) is 0 Å². The van der Waals surface area contributed by atoms with E-state index in [0.717, 1.165) is 38.5 Å². The Balaban J connectivity index is 1.14. The van der Waals surface area contributed by atoms with Gasteiger partial charge >= 0.3 is 0 Å². The average Bonchev–Trinajstić information content (AvgIpc) is 3.30. The van der Waals surface area contributed by atoms with Crippen LogP contribution in [0.5, 0.6) is 0 Å². The van der Waals surface area contributed by atoms with E-state index >= 15 is 0 Å². The fourth-order valence-electron chi connectivity index (χ4n) is 10.7. The second kappa shape index (κ2) is 12.9. The summed E-state index contributed by atoms with van der Waals surface area (Å²) in [5.41, 5.74) is -1.38. The third-order valence-corrected chi connectivity index (χ3v) is 13.8. The highest BCUT2D eigenvalue weighted by molar-refractivity contribution is 5.21. The van der Waals surface area contributed by atoms with Crippen LogP contribution in [0.4, 0.5) is 0 Å². The minimum Gasteiger partial charge on any atom is -0.388 e. The van der Waals surface area contributed by atoms with E-state index in [4.69, 9.17) is 28.4 Å². The molecule has 19 unspecified atom stereocenters. The standard InChI is InChI=1S/C35H58O11/c1-17-25(36)29(41-6)27(38)31(43-17)45-19(3)35(40)15-12-24-22-9-8-20-16-21(10-13-33(20,4)23(22)11-14-34(24,35)5)46-32-28(39)30(42-7)26(37)18(2)44-32/h8-9,17-32,36-40H,10-16H2,1-7H3. The number of fused-ring (bicyclic) bond motifs is 5. The lowest BCUT2D eigenvalue weighted by molar-refractivity contribution is -0.325. The van der Waals surface area contributed by atoms with Crippen LogP contribution in [0.3, 0.4) is 0 Å². The average molecular weight is 655 g/mol. The molecule has 5 N–H and O–H groups in total. The fourth-order valence-corrected chi connectivity index (χ4v) is 10.7. The van der Waals surface area contributed by atoms with E-state index in [9.17, 15) is 25.5 Å². The van der Waals surface area contributed by atoms with Gasteiger partial charge in [0.2, 0.25) is 0 Å². The molecule has 2 heterocycles. The fraction of sp³-hybridized carbons (Fsp3) is 0.943. The normalized spacial score (nSPS) is 56.1. The summed E-state index contributed by atoms with van der Waals surface area (Å²) in [6.45, 7) is 10.0. The minimum absolute atomic E-state index is 0.0683. The van der Waals surface area contributed by atoms with Gasteiger partial charge in [-0.2, -0.15) is 0 Å². The Morgan fingerprint density at radius 3 is 1.98 bits per heavy atom. The molecule has 264 valence electrons. The van der Waals surface area contributed by atoms with Crippen molar-refractivity contribution in [3.8, 4) is 0 Å². The summed E-state index contributed by atoms with van der Waals surface area (Å²) in [6, 6.07) is 0. The van der Waals surface area contributed by atoms with E-state index in [1.54, 1.807) is 13.8 Å². The SMILES string of the molecule is COC1C(O)C(C)OC(OC2CCC3(C)C(C=CC4C3CCC3(C)C4CCC3(O)C(C)OC3OC(C)C(O)C(OC)C3O)C2)C1O. The smallest absolute Gasteiger partial charge is 0.186 e. The van der Waals surface area contributed by atoms with Crippen molar-refractivity contribution in [2.75, 3.05) is 14.2 Å². The molecule has 4 aliphatic carbocycles. The molecule has 0 spiro atoms. The lowest BCUT2D eigenvalue weighted by Gasteiger charge is -2.60. The molecule has 0 aromatic carbocycles. The topological polar surface area (TPSA) is 157 Å². The summed E-state index contributed by atoms with van der Waals surface area (Å²) in [5.74, 6) is 1.45. The Labute approximate surface area is 273 Å². The molecule has 6 rings (SSSR count). The van der Waals surface area contributed by atoms with Gasteiger partial charge in [-0.1, -0.05) is 26.0 Å². The number of aliphatic hydroxyl groups excluding tert-OH is 4. The molecule has 0 amide bonds. The first-order valence-corrected chi connectivity index (χ1v) is 17.5. The maximum Gasteiger partial charge on any atom is 0.186 e. The van der Waals surface area contributed by atoms with Gasteiger partial charge in [0, 0.05) is 19.6 Å². The molecule has 11 heteroatoms. The summed E-state index contributed by atoms with van der Waals surface area (Å²) >= 11 is 0. The first-order valence-electron chi connectivity index (χ1n) is 17.5. The first kappa shape index (κ1) is 35.1. The molecule has 6 aliphatic rings. The quantitative estimate of drug-likeness (QED) is 0.257. The summed E-state index contributed by atoms with van der Waals surface area (Å²) in [7, 11) is 2.93. The summed E-state index contributed by atoms with van der Waals surface area (Å²) < 4.78 is 35.1. The zero-order valence-corrected chi connectivity index (χ0v) is 28.5. The van der Waals surface area contributed by atoms with E-state index in [0.29, 0.717) is 30.1 Å². The number of methoxy groups -OCH3 is 2. The number of hydrogen-bond donors (Lipinski definition) is 5. The number of hydrogen-bond acceptors (Lipinski definition) is 11. The summed E-state index contributed by atoms with van der Waals surface area (Å²) in [5, 5.41) is 54.9. The molecule has 2 saturated heterocycles. The van der Waals surface area contributed by atoms with Crippen molar-refractivity contribution in [2.45, 2.75) is 159 Å². The highest BCUT2D eigenvalue weighted by Gasteiger charge is 2.66. The van der Waals surface area contributed by atoms with E-state index in [-0.39, 0.29) is 16.9 Å². The zero-order valence-electron chi connectivity index (χ0n) is 28.5. The predicted octanol–water partition coefficient (Wildman–Crippen LogP) is 2.29. The van der Waals surface area contributed by atoms with Gasteiger partial charge in [0.05, 0.1) is 30.0 Å².